The molecule has 0 spiro atoms. The first-order valence-corrected chi connectivity index (χ1v) is 11.2. The first kappa shape index (κ1) is 18.2. The van der Waals surface area contributed by atoms with Gasteiger partial charge in [0, 0.05) is 30.8 Å². The van der Waals surface area contributed by atoms with Crippen LogP contribution in [0, 0.1) is 12.8 Å². The molecule has 1 unspecified atom stereocenters. The number of fused-ring (bicyclic) bond motifs is 1. The zero-order valence-electron chi connectivity index (χ0n) is 15.6. The summed E-state index contributed by atoms with van der Waals surface area (Å²) in [7, 11) is -3.30. The maximum absolute atomic E-state index is 12.4. The Morgan fingerprint density at radius 1 is 1.22 bits per heavy atom. The predicted molar refractivity (Wildman–Crippen MR) is 103 cm³/mol. The van der Waals surface area contributed by atoms with E-state index < -0.39 is 9.84 Å². The fourth-order valence-electron chi connectivity index (χ4n) is 3.54. The van der Waals surface area contributed by atoms with Crippen LogP contribution in [-0.2, 0) is 14.6 Å². The molecule has 1 saturated carbocycles. The highest BCUT2D eigenvalue weighted by atomic mass is 32.2. The summed E-state index contributed by atoms with van der Waals surface area (Å²) < 4.78 is 23.7. The summed E-state index contributed by atoms with van der Waals surface area (Å²) in [6, 6.07) is 5.31. The van der Waals surface area contributed by atoms with Gasteiger partial charge >= 0.3 is 0 Å². The molecular formula is C19H24N4O3S. The number of carbonyl (C=O) groups is 1. The van der Waals surface area contributed by atoms with Crippen molar-refractivity contribution in [2.24, 2.45) is 5.92 Å². The van der Waals surface area contributed by atoms with Crippen molar-refractivity contribution in [3.8, 4) is 0 Å². The van der Waals surface area contributed by atoms with Crippen molar-refractivity contribution in [2.75, 3.05) is 24.2 Å². The third-order valence-corrected chi connectivity index (χ3v) is 6.38. The number of anilines is 1. The van der Waals surface area contributed by atoms with Crippen LogP contribution in [0.3, 0.4) is 0 Å². The third-order valence-electron chi connectivity index (χ3n) is 5.27. The van der Waals surface area contributed by atoms with Crippen LogP contribution in [0.15, 0.2) is 23.1 Å². The molecule has 1 aliphatic carbocycles. The van der Waals surface area contributed by atoms with Gasteiger partial charge in [0.2, 0.25) is 11.9 Å². The highest BCUT2D eigenvalue weighted by Crippen LogP contribution is 2.26. The molecule has 2 aromatic rings. The standard InChI is InChI=1S/C19H24N4O3S/c1-12-16-8-7-15(27(2,25)26)10-17(16)22-19(20-12)23-9-3-4-13(11-23)18(24)21-14-5-6-14/h7-8,10,13-14H,3-6,9,11H2,1-2H3,(H,21,24). The van der Waals surface area contributed by atoms with Crippen molar-refractivity contribution in [1.82, 2.24) is 15.3 Å². The van der Waals surface area contributed by atoms with E-state index in [2.05, 4.69) is 15.3 Å². The second-order valence-corrected chi connectivity index (χ2v) is 9.64. The van der Waals surface area contributed by atoms with Crippen LogP contribution in [-0.4, -0.2) is 49.7 Å². The lowest BCUT2D eigenvalue weighted by Crippen LogP contribution is -2.44. The van der Waals surface area contributed by atoms with Crippen LogP contribution in [0.2, 0.25) is 0 Å². The van der Waals surface area contributed by atoms with Gasteiger partial charge in [-0.25, -0.2) is 18.4 Å². The monoisotopic (exact) mass is 388 g/mol. The molecule has 1 aromatic carbocycles. The molecule has 7 nitrogen and oxygen atoms in total. The average molecular weight is 388 g/mol. The van der Waals surface area contributed by atoms with E-state index in [0.717, 1.165) is 43.3 Å². The van der Waals surface area contributed by atoms with E-state index in [1.165, 1.54) is 6.26 Å². The normalized spacial score (nSPS) is 20.7. The van der Waals surface area contributed by atoms with Gasteiger partial charge in [-0.3, -0.25) is 4.79 Å². The minimum Gasteiger partial charge on any atom is -0.353 e. The fraction of sp³-hybridized carbons (Fsp3) is 0.526. The molecule has 0 bridgehead atoms. The quantitative estimate of drug-likeness (QED) is 0.859. The van der Waals surface area contributed by atoms with Crippen LogP contribution in [0.25, 0.3) is 10.9 Å². The maximum Gasteiger partial charge on any atom is 0.226 e. The van der Waals surface area contributed by atoms with E-state index in [4.69, 9.17) is 0 Å². The molecule has 0 radical (unpaired) electrons. The molecule has 1 aliphatic heterocycles. The molecule has 1 aromatic heterocycles. The average Bonchev–Trinajstić information content (AvgIpc) is 3.44. The SMILES string of the molecule is Cc1nc(N2CCCC(C(=O)NC3CC3)C2)nc2cc(S(C)(=O)=O)ccc12. The fourth-order valence-corrected chi connectivity index (χ4v) is 4.19. The van der Waals surface area contributed by atoms with Crippen LogP contribution in [0.4, 0.5) is 5.95 Å². The van der Waals surface area contributed by atoms with Gasteiger partial charge in [0.1, 0.15) is 0 Å². The van der Waals surface area contributed by atoms with Crippen molar-refractivity contribution >= 4 is 32.6 Å². The summed E-state index contributed by atoms with van der Waals surface area (Å²) in [4.78, 5) is 23.9. The molecule has 1 N–H and O–H groups in total. The number of nitrogens with zero attached hydrogens (tertiary/aromatic N) is 3. The molecular weight excluding hydrogens is 364 g/mol. The predicted octanol–water partition coefficient (Wildman–Crippen LogP) is 1.84. The lowest BCUT2D eigenvalue weighted by atomic mass is 9.97. The van der Waals surface area contributed by atoms with Crippen LogP contribution in [0.1, 0.15) is 31.4 Å². The first-order chi connectivity index (χ1) is 12.8. The Bertz CT molecular complexity index is 1000. The number of hydrogen-bond acceptors (Lipinski definition) is 6. The van der Waals surface area contributed by atoms with E-state index in [1.807, 2.05) is 11.8 Å². The van der Waals surface area contributed by atoms with Gasteiger partial charge < -0.3 is 10.2 Å². The van der Waals surface area contributed by atoms with Crippen molar-refractivity contribution in [3.05, 3.63) is 23.9 Å². The maximum atomic E-state index is 12.4. The molecule has 27 heavy (non-hydrogen) atoms. The topological polar surface area (TPSA) is 92.3 Å². The molecule has 144 valence electrons. The number of benzene rings is 1. The molecule has 8 heteroatoms. The van der Waals surface area contributed by atoms with Gasteiger partial charge in [0.05, 0.1) is 22.0 Å². The van der Waals surface area contributed by atoms with E-state index in [-0.39, 0.29) is 16.7 Å². The summed E-state index contributed by atoms with van der Waals surface area (Å²) in [6.07, 6.45) is 5.14. The van der Waals surface area contributed by atoms with Crippen molar-refractivity contribution in [2.45, 2.75) is 43.5 Å². The molecule has 2 heterocycles. The van der Waals surface area contributed by atoms with Gasteiger partial charge in [-0.05, 0) is 50.8 Å². The third kappa shape index (κ3) is 3.90. The van der Waals surface area contributed by atoms with Crippen molar-refractivity contribution < 1.29 is 13.2 Å². The lowest BCUT2D eigenvalue weighted by molar-refractivity contribution is -0.125. The zero-order chi connectivity index (χ0) is 19.2. The van der Waals surface area contributed by atoms with E-state index >= 15 is 0 Å². The molecule has 4 rings (SSSR count). The van der Waals surface area contributed by atoms with Crippen LogP contribution >= 0.6 is 0 Å². The van der Waals surface area contributed by atoms with E-state index in [9.17, 15) is 13.2 Å². The largest absolute Gasteiger partial charge is 0.353 e. The summed E-state index contributed by atoms with van der Waals surface area (Å²) in [5.41, 5.74) is 1.42. The smallest absolute Gasteiger partial charge is 0.226 e. The number of hydrogen-bond donors (Lipinski definition) is 1. The van der Waals surface area contributed by atoms with Crippen molar-refractivity contribution in [3.63, 3.8) is 0 Å². The van der Waals surface area contributed by atoms with Crippen molar-refractivity contribution in [1.29, 1.82) is 0 Å². The summed E-state index contributed by atoms with van der Waals surface area (Å²) in [5.74, 6) is 0.634. The summed E-state index contributed by atoms with van der Waals surface area (Å²) >= 11 is 0. The van der Waals surface area contributed by atoms with Crippen LogP contribution in [0.5, 0.6) is 0 Å². The van der Waals surface area contributed by atoms with Crippen LogP contribution < -0.4 is 10.2 Å². The number of amides is 1. The number of aromatic nitrogens is 2. The molecule has 1 atom stereocenters. The Labute approximate surface area is 159 Å². The minimum absolute atomic E-state index is 0.0543. The summed E-state index contributed by atoms with van der Waals surface area (Å²) in [6.45, 7) is 3.29. The van der Waals surface area contributed by atoms with E-state index in [1.54, 1.807) is 18.2 Å². The lowest BCUT2D eigenvalue weighted by Gasteiger charge is -2.32. The van der Waals surface area contributed by atoms with Gasteiger partial charge in [-0.1, -0.05) is 0 Å². The van der Waals surface area contributed by atoms with Gasteiger partial charge in [0.25, 0.3) is 0 Å². The number of carbonyl (C=O) groups excluding carboxylic acids is 1. The number of nitrogens with one attached hydrogen (secondary N) is 1. The number of rotatable bonds is 4. The number of sulfone groups is 1. The minimum atomic E-state index is -3.30. The number of aryl methyl sites for hydroxylation is 1. The molecule has 2 fully saturated rings. The van der Waals surface area contributed by atoms with E-state index in [0.29, 0.717) is 24.1 Å². The molecule has 1 amide bonds. The molecule has 2 aliphatic rings. The second-order valence-electron chi connectivity index (χ2n) is 7.63. The second kappa shape index (κ2) is 6.74. The summed E-state index contributed by atoms with van der Waals surface area (Å²) in [5, 5.41) is 3.93. The Morgan fingerprint density at radius 3 is 2.70 bits per heavy atom. The highest BCUT2D eigenvalue weighted by Gasteiger charge is 2.31. The Morgan fingerprint density at radius 2 is 2.00 bits per heavy atom. The van der Waals surface area contributed by atoms with Gasteiger partial charge in [0.15, 0.2) is 9.84 Å². The molecule has 1 saturated heterocycles. The van der Waals surface area contributed by atoms with Gasteiger partial charge in [-0.2, -0.15) is 0 Å². The zero-order valence-corrected chi connectivity index (χ0v) is 16.4. The first-order valence-electron chi connectivity index (χ1n) is 9.35. The highest BCUT2D eigenvalue weighted by molar-refractivity contribution is 7.90. The number of piperidine rings is 1. The van der Waals surface area contributed by atoms with Gasteiger partial charge in [-0.15, -0.1) is 0 Å². The Balaban J connectivity index is 1.62. The Kier molecular flexibility index (Phi) is 4.53. The Hall–Kier alpha value is -2.22.